The molecule has 3 unspecified atom stereocenters. The summed E-state index contributed by atoms with van der Waals surface area (Å²) in [5, 5.41) is 15.6. The van der Waals surface area contributed by atoms with Crippen LogP contribution in [0.5, 0.6) is 0 Å². The van der Waals surface area contributed by atoms with Crippen molar-refractivity contribution in [2.45, 2.75) is 92.8 Å². The van der Waals surface area contributed by atoms with E-state index in [1.54, 1.807) is 8.01 Å². The van der Waals surface area contributed by atoms with Gasteiger partial charge in [-0.2, -0.15) is 5.26 Å². The third kappa shape index (κ3) is 5.16. The molecule has 224 valence electrons. The third-order valence-corrected chi connectivity index (χ3v) is 13.5. The van der Waals surface area contributed by atoms with Gasteiger partial charge in [-0.05, 0) is 93.8 Å². The Bertz CT molecular complexity index is 1150. The van der Waals surface area contributed by atoms with E-state index in [0.29, 0.717) is 37.1 Å². The molecule has 7 atom stereocenters. The van der Waals surface area contributed by atoms with Gasteiger partial charge in [0.1, 0.15) is 18.1 Å². The molecular formula is C29H38FI2N5O4. The van der Waals surface area contributed by atoms with Crippen LogP contribution in [0.25, 0.3) is 0 Å². The zero-order chi connectivity index (χ0) is 29.3. The lowest BCUT2D eigenvalue weighted by molar-refractivity contribution is -0.157. The topological polar surface area (TPSA) is 123 Å². The number of likely N-dealkylation sites (tertiary alicyclic amines) is 1. The Hall–Kier alpha value is -1.24. The van der Waals surface area contributed by atoms with E-state index in [1.807, 2.05) is 22.9 Å². The van der Waals surface area contributed by atoms with Crippen LogP contribution in [0.2, 0.25) is 0 Å². The van der Waals surface area contributed by atoms with Crippen LogP contribution >= 0.6 is 45.5 Å². The van der Waals surface area contributed by atoms with Gasteiger partial charge >= 0.3 is 0 Å². The normalized spacial score (nSPS) is 41.8. The van der Waals surface area contributed by atoms with Crippen LogP contribution in [0, 0.1) is 52.3 Å². The lowest BCUT2D eigenvalue weighted by atomic mass is 9.47. The first-order valence-electron chi connectivity index (χ1n) is 15.0. The number of alkyl halides is 2. The van der Waals surface area contributed by atoms with Gasteiger partial charge in [0.05, 0.1) is 32.5 Å². The fraction of sp³-hybridized carbons (Fsp3) is 0.828. The highest BCUT2D eigenvalue weighted by Gasteiger charge is 2.65. The zero-order valence-electron chi connectivity index (χ0n) is 23.3. The summed E-state index contributed by atoms with van der Waals surface area (Å²) in [6.07, 6.45) is 8.30. The first-order chi connectivity index (χ1) is 19.5. The molecule has 2 N–H and O–H groups in total. The number of hydrogen-bond acceptors (Lipinski definition) is 5. The van der Waals surface area contributed by atoms with Crippen molar-refractivity contribution in [1.82, 2.24) is 18.6 Å². The second-order valence-electron chi connectivity index (χ2n) is 13.9. The number of fused-ring (bicyclic) bond motifs is 2. The number of nitrogens with zero attached hydrogens (tertiary/aromatic N) is 3. The van der Waals surface area contributed by atoms with E-state index in [2.05, 4.69) is 46.2 Å². The maximum Gasteiger partial charge on any atom is 0.252 e. The van der Waals surface area contributed by atoms with Crippen molar-refractivity contribution in [3.8, 4) is 6.07 Å². The molecule has 7 fully saturated rings. The smallest absolute Gasteiger partial charge is 0.252 e. The second kappa shape index (κ2) is 11.0. The van der Waals surface area contributed by atoms with Gasteiger partial charge in [0.2, 0.25) is 17.7 Å². The second-order valence-corrected chi connectivity index (χ2v) is 17.0. The number of piperidine rings is 1. The first kappa shape index (κ1) is 29.8. The molecule has 2 aliphatic heterocycles. The largest absolute Gasteiger partial charge is 0.341 e. The number of hydrogen-bond donors (Lipinski definition) is 2. The van der Waals surface area contributed by atoms with Gasteiger partial charge in [0.15, 0.2) is 6.67 Å². The maximum absolute atomic E-state index is 14.7. The quantitative estimate of drug-likeness (QED) is 0.168. The van der Waals surface area contributed by atoms with Gasteiger partial charge in [-0.15, -0.1) is 0 Å². The van der Waals surface area contributed by atoms with Gasteiger partial charge in [-0.25, -0.2) is 4.39 Å². The van der Waals surface area contributed by atoms with Crippen molar-refractivity contribution in [3.05, 3.63) is 0 Å². The summed E-state index contributed by atoms with van der Waals surface area (Å²) in [4.78, 5) is 55.4. The van der Waals surface area contributed by atoms with Crippen LogP contribution in [-0.2, 0) is 19.2 Å². The van der Waals surface area contributed by atoms with Crippen molar-refractivity contribution in [2.24, 2.45) is 40.9 Å². The Kier molecular flexibility index (Phi) is 8.03. The summed E-state index contributed by atoms with van der Waals surface area (Å²) < 4.78 is 14.6. The minimum atomic E-state index is -1.19. The number of carbonyl (C=O) groups is 4. The van der Waals surface area contributed by atoms with E-state index < -0.39 is 39.7 Å². The van der Waals surface area contributed by atoms with E-state index in [9.17, 15) is 28.8 Å². The van der Waals surface area contributed by atoms with E-state index in [-0.39, 0.29) is 41.9 Å². The van der Waals surface area contributed by atoms with E-state index in [4.69, 9.17) is 0 Å². The standard InChI is InChI=1S/C29H38FI2N5O4/c1-15-8-29(31)12-21(15)23(25(39)34-20(14-33)7-19-2-3-36(32)26(19)40)37(29)27(41)24(35-22(38)13-30)28-9-16-4-17(10-28)6-18(5-16)11-28/h15-21,23-24H,2-13H2,1H3,(H,34,39)(H,35,38)/t15?,16?,17?,18?,19-,20-,21?,23-,24?,28?,29+/m0/s1. The molecule has 9 nitrogen and oxygen atoms in total. The zero-order valence-corrected chi connectivity index (χ0v) is 27.6. The Balaban J connectivity index is 1.28. The molecule has 5 saturated carbocycles. The van der Waals surface area contributed by atoms with Crippen molar-refractivity contribution in [1.29, 1.82) is 5.26 Å². The molecule has 12 heteroatoms. The van der Waals surface area contributed by atoms with E-state index >= 15 is 0 Å². The van der Waals surface area contributed by atoms with Crippen LogP contribution < -0.4 is 10.6 Å². The molecule has 0 aromatic rings. The molecule has 7 rings (SSSR count). The predicted molar refractivity (Wildman–Crippen MR) is 164 cm³/mol. The molecule has 6 bridgehead atoms. The highest BCUT2D eigenvalue weighted by Crippen LogP contribution is 2.63. The molecule has 5 aliphatic carbocycles. The summed E-state index contributed by atoms with van der Waals surface area (Å²) in [6.45, 7) is 1.53. The van der Waals surface area contributed by atoms with Gasteiger partial charge in [0.25, 0.3) is 5.91 Å². The SMILES string of the molecule is CC1C[C@]2(I)CC1[C@@H](C(=O)N[C@H](C#N)C[C@@H]1CCN(I)C1=O)N2C(=O)C(NC(=O)CF)C12CC3CC(CC(C3)C1)C2. The van der Waals surface area contributed by atoms with Crippen molar-refractivity contribution in [3.63, 3.8) is 0 Å². The average Bonchev–Trinajstić information content (AvgIpc) is 3.52. The monoisotopic (exact) mass is 793 g/mol. The first-order valence-corrected chi connectivity index (χ1v) is 17.1. The molecule has 0 aromatic heterocycles. The number of nitrogens with one attached hydrogen (secondary N) is 2. The van der Waals surface area contributed by atoms with Gasteiger partial charge < -0.3 is 15.5 Å². The lowest BCUT2D eigenvalue weighted by Crippen LogP contribution is -2.67. The molecule has 0 radical (unpaired) electrons. The average molecular weight is 793 g/mol. The summed E-state index contributed by atoms with van der Waals surface area (Å²) in [7, 11) is 0. The van der Waals surface area contributed by atoms with Crippen LogP contribution in [-0.4, -0.2) is 66.5 Å². The predicted octanol–water partition coefficient (Wildman–Crippen LogP) is 3.64. The Labute approximate surface area is 268 Å². The number of halogens is 3. The number of nitriles is 1. The van der Waals surface area contributed by atoms with Gasteiger partial charge in [0, 0.05) is 17.9 Å². The molecule has 4 amide bonds. The Morgan fingerprint density at radius 1 is 1.10 bits per heavy atom. The van der Waals surface area contributed by atoms with Crippen LogP contribution in [0.3, 0.4) is 0 Å². The maximum atomic E-state index is 14.7. The fourth-order valence-corrected chi connectivity index (χ4v) is 12.4. The minimum Gasteiger partial charge on any atom is -0.341 e. The fourth-order valence-electron chi connectivity index (χ4n) is 9.95. The molecule has 41 heavy (non-hydrogen) atoms. The molecule has 2 heterocycles. The summed E-state index contributed by atoms with van der Waals surface area (Å²) in [5.41, 5.74) is -0.415. The van der Waals surface area contributed by atoms with E-state index in [0.717, 1.165) is 44.9 Å². The van der Waals surface area contributed by atoms with Crippen LogP contribution in [0.4, 0.5) is 4.39 Å². The molecule has 7 aliphatic rings. The van der Waals surface area contributed by atoms with Crippen molar-refractivity contribution < 1.29 is 23.6 Å². The number of amides is 4. The summed E-state index contributed by atoms with van der Waals surface area (Å²) in [5.74, 6) is -0.0960. The number of carbonyl (C=O) groups excluding carboxylic acids is 4. The van der Waals surface area contributed by atoms with Gasteiger partial charge in [-0.1, -0.05) is 29.5 Å². The molecule has 0 aromatic carbocycles. The summed E-state index contributed by atoms with van der Waals surface area (Å²) >= 11 is 4.30. The highest BCUT2D eigenvalue weighted by molar-refractivity contribution is 14.1. The number of rotatable bonds is 8. The minimum absolute atomic E-state index is 0.0290. The molecule has 0 spiro atoms. The molecule has 2 saturated heterocycles. The molecular weight excluding hydrogens is 755 g/mol. The highest BCUT2D eigenvalue weighted by atomic mass is 127. The van der Waals surface area contributed by atoms with E-state index in [1.165, 1.54) is 0 Å². The van der Waals surface area contributed by atoms with Crippen molar-refractivity contribution >= 4 is 69.1 Å². The van der Waals surface area contributed by atoms with Gasteiger partial charge in [-0.3, -0.25) is 22.3 Å². The van der Waals surface area contributed by atoms with Crippen LogP contribution in [0.15, 0.2) is 0 Å². The lowest BCUT2D eigenvalue weighted by Gasteiger charge is -2.59. The van der Waals surface area contributed by atoms with Crippen molar-refractivity contribution in [2.75, 3.05) is 13.2 Å². The summed E-state index contributed by atoms with van der Waals surface area (Å²) in [6, 6.07) is -0.329. The Morgan fingerprint density at radius 2 is 1.73 bits per heavy atom. The Morgan fingerprint density at radius 3 is 2.27 bits per heavy atom. The van der Waals surface area contributed by atoms with Crippen LogP contribution in [0.1, 0.15) is 71.1 Å². The third-order valence-electron chi connectivity index (χ3n) is 11.2.